The van der Waals surface area contributed by atoms with Gasteiger partial charge >= 0.3 is 6.09 Å². The van der Waals surface area contributed by atoms with E-state index in [2.05, 4.69) is 23.7 Å². The normalized spacial score (nSPS) is 20.4. The van der Waals surface area contributed by atoms with Gasteiger partial charge in [-0.05, 0) is 44.7 Å². The van der Waals surface area contributed by atoms with Gasteiger partial charge in [0.1, 0.15) is 5.60 Å². The Morgan fingerprint density at radius 1 is 1.53 bits per heavy atom. The monoisotopic (exact) mass is 282 g/mol. The summed E-state index contributed by atoms with van der Waals surface area (Å²) in [6.45, 7) is 10.1. The maximum Gasteiger partial charge on any atom is 0.410 e. The fourth-order valence-electron chi connectivity index (χ4n) is 2.20. The van der Waals surface area contributed by atoms with Crippen molar-refractivity contribution < 1.29 is 9.53 Å². The Bertz CT molecular complexity index is 451. The molecule has 1 atom stereocenters. The summed E-state index contributed by atoms with van der Waals surface area (Å²) in [7, 11) is 0. The third-order valence-corrected chi connectivity index (χ3v) is 4.20. The van der Waals surface area contributed by atoms with Crippen LogP contribution in [-0.2, 0) is 4.74 Å². The zero-order valence-corrected chi connectivity index (χ0v) is 12.8. The Labute approximate surface area is 118 Å². The number of hydrogen-bond acceptors (Lipinski definition) is 4. The van der Waals surface area contributed by atoms with Crippen LogP contribution in [0.15, 0.2) is 11.4 Å². The molecule has 1 aromatic rings. The van der Waals surface area contributed by atoms with Gasteiger partial charge in [0.2, 0.25) is 0 Å². The number of rotatable bonds is 1. The van der Waals surface area contributed by atoms with E-state index in [4.69, 9.17) is 4.74 Å². The van der Waals surface area contributed by atoms with E-state index in [9.17, 15) is 4.79 Å². The van der Waals surface area contributed by atoms with E-state index in [1.54, 1.807) is 11.3 Å². The number of hydrogen-bond donors (Lipinski definition) is 1. The molecule has 1 aliphatic rings. The quantitative estimate of drug-likeness (QED) is 0.861. The van der Waals surface area contributed by atoms with Crippen molar-refractivity contribution in [2.24, 2.45) is 0 Å². The summed E-state index contributed by atoms with van der Waals surface area (Å²) in [6.07, 6.45) is -0.216. The van der Waals surface area contributed by atoms with Crippen molar-refractivity contribution in [3.63, 3.8) is 0 Å². The molecule has 5 heteroatoms. The molecule has 1 N–H and O–H groups in total. The van der Waals surface area contributed by atoms with E-state index in [-0.39, 0.29) is 12.1 Å². The molecule has 2 rings (SSSR count). The summed E-state index contributed by atoms with van der Waals surface area (Å²) >= 11 is 1.71. The lowest BCUT2D eigenvalue weighted by Gasteiger charge is -2.37. The standard InChI is InChI=1S/C14H22N2O2S/c1-10-5-8-19-12(10)11-9-15-6-7-16(11)13(17)18-14(2,3)4/h5,8,11,15H,6-7,9H2,1-4H3. The fraction of sp³-hybridized carbons (Fsp3) is 0.643. The molecule has 0 saturated carbocycles. The van der Waals surface area contributed by atoms with Crippen LogP contribution in [0.3, 0.4) is 0 Å². The summed E-state index contributed by atoms with van der Waals surface area (Å²) in [4.78, 5) is 15.4. The van der Waals surface area contributed by atoms with Crippen LogP contribution in [0.1, 0.15) is 37.3 Å². The molecule has 1 aromatic heterocycles. The average molecular weight is 282 g/mol. The van der Waals surface area contributed by atoms with Crippen LogP contribution in [-0.4, -0.2) is 36.2 Å². The highest BCUT2D eigenvalue weighted by atomic mass is 32.1. The maximum absolute atomic E-state index is 12.3. The maximum atomic E-state index is 12.3. The van der Waals surface area contributed by atoms with Crippen molar-refractivity contribution in [2.75, 3.05) is 19.6 Å². The molecule has 106 valence electrons. The first-order valence-electron chi connectivity index (χ1n) is 6.63. The van der Waals surface area contributed by atoms with E-state index in [1.165, 1.54) is 10.4 Å². The fourth-order valence-corrected chi connectivity index (χ4v) is 3.24. The van der Waals surface area contributed by atoms with Crippen molar-refractivity contribution in [3.8, 4) is 0 Å². The van der Waals surface area contributed by atoms with Gasteiger partial charge in [0.25, 0.3) is 0 Å². The van der Waals surface area contributed by atoms with Crippen molar-refractivity contribution in [1.29, 1.82) is 0 Å². The minimum absolute atomic E-state index is 0.0867. The molecule has 1 amide bonds. The van der Waals surface area contributed by atoms with E-state index >= 15 is 0 Å². The topological polar surface area (TPSA) is 41.6 Å². The molecule has 0 spiro atoms. The second-order valence-corrected chi connectivity index (χ2v) is 6.81. The number of aryl methyl sites for hydroxylation is 1. The minimum Gasteiger partial charge on any atom is -0.444 e. The largest absolute Gasteiger partial charge is 0.444 e. The van der Waals surface area contributed by atoms with Crippen LogP contribution < -0.4 is 5.32 Å². The predicted octanol–water partition coefficient (Wildman–Crippen LogP) is 2.94. The molecule has 0 bridgehead atoms. The highest BCUT2D eigenvalue weighted by molar-refractivity contribution is 7.10. The first kappa shape index (κ1) is 14.3. The van der Waals surface area contributed by atoms with Crippen molar-refractivity contribution in [1.82, 2.24) is 10.2 Å². The zero-order valence-electron chi connectivity index (χ0n) is 12.0. The number of piperazine rings is 1. The third-order valence-electron chi connectivity index (χ3n) is 3.08. The first-order chi connectivity index (χ1) is 8.88. The number of nitrogens with one attached hydrogen (secondary N) is 1. The van der Waals surface area contributed by atoms with Gasteiger partial charge in [0.15, 0.2) is 0 Å². The second-order valence-electron chi connectivity index (χ2n) is 5.86. The van der Waals surface area contributed by atoms with Gasteiger partial charge in [-0.1, -0.05) is 0 Å². The Morgan fingerprint density at radius 3 is 2.84 bits per heavy atom. The molecule has 0 aromatic carbocycles. The smallest absolute Gasteiger partial charge is 0.410 e. The number of amides is 1. The minimum atomic E-state index is -0.447. The summed E-state index contributed by atoms with van der Waals surface area (Å²) in [5.41, 5.74) is 0.795. The Hall–Kier alpha value is -1.07. The van der Waals surface area contributed by atoms with Crippen LogP contribution in [0.4, 0.5) is 4.79 Å². The van der Waals surface area contributed by atoms with Crippen LogP contribution >= 0.6 is 11.3 Å². The predicted molar refractivity (Wildman–Crippen MR) is 77.6 cm³/mol. The number of nitrogens with zero attached hydrogens (tertiary/aromatic N) is 1. The molecule has 1 fully saturated rings. The Kier molecular flexibility index (Phi) is 4.16. The van der Waals surface area contributed by atoms with Gasteiger partial charge in [-0.3, -0.25) is 4.90 Å². The van der Waals surface area contributed by atoms with Crippen LogP contribution in [0.5, 0.6) is 0 Å². The highest BCUT2D eigenvalue weighted by Crippen LogP contribution is 2.30. The zero-order chi connectivity index (χ0) is 14.0. The Balaban J connectivity index is 2.17. The van der Waals surface area contributed by atoms with E-state index in [1.807, 2.05) is 25.7 Å². The second kappa shape index (κ2) is 5.51. The molecule has 0 aliphatic carbocycles. The van der Waals surface area contributed by atoms with Gasteiger partial charge in [-0.2, -0.15) is 0 Å². The van der Waals surface area contributed by atoms with Crippen molar-refractivity contribution in [2.45, 2.75) is 39.3 Å². The first-order valence-corrected chi connectivity index (χ1v) is 7.51. The molecule has 1 aliphatic heterocycles. The SMILES string of the molecule is Cc1ccsc1C1CNCCN1C(=O)OC(C)(C)C. The molecule has 4 nitrogen and oxygen atoms in total. The molecular weight excluding hydrogens is 260 g/mol. The molecule has 0 radical (unpaired) electrons. The van der Waals surface area contributed by atoms with Gasteiger partial charge in [-0.15, -0.1) is 11.3 Å². The molecule has 1 saturated heterocycles. The summed E-state index contributed by atoms with van der Waals surface area (Å²) < 4.78 is 5.51. The highest BCUT2D eigenvalue weighted by Gasteiger charge is 2.32. The van der Waals surface area contributed by atoms with Crippen molar-refractivity contribution in [3.05, 3.63) is 21.9 Å². The van der Waals surface area contributed by atoms with Crippen molar-refractivity contribution >= 4 is 17.4 Å². The summed E-state index contributed by atoms with van der Waals surface area (Å²) in [5.74, 6) is 0. The third kappa shape index (κ3) is 3.48. The lowest BCUT2D eigenvalue weighted by Crippen LogP contribution is -2.50. The molecule has 19 heavy (non-hydrogen) atoms. The van der Waals surface area contributed by atoms with Gasteiger partial charge in [0.05, 0.1) is 6.04 Å². The summed E-state index contributed by atoms with van der Waals surface area (Å²) in [6, 6.07) is 2.19. The number of carbonyl (C=O) groups is 1. The lowest BCUT2D eigenvalue weighted by molar-refractivity contribution is 0.0121. The van der Waals surface area contributed by atoms with Gasteiger partial charge in [-0.25, -0.2) is 4.79 Å². The van der Waals surface area contributed by atoms with E-state index in [0.29, 0.717) is 6.54 Å². The number of thiophene rings is 1. The molecule has 2 heterocycles. The average Bonchev–Trinajstić information content (AvgIpc) is 2.73. The Morgan fingerprint density at radius 2 is 2.26 bits per heavy atom. The molecular formula is C14H22N2O2S. The number of carbonyl (C=O) groups excluding carboxylic acids is 1. The van der Waals surface area contributed by atoms with Crippen LogP contribution in [0, 0.1) is 6.92 Å². The van der Waals surface area contributed by atoms with Gasteiger partial charge in [0, 0.05) is 24.5 Å². The number of ether oxygens (including phenoxy) is 1. The van der Waals surface area contributed by atoms with Gasteiger partial charge < -0.3 is 10.1 Å². The van der Waals surface area contributed by atoms with Crippen LogP contribution in [0.25, 0.3) is 0 Å². The molecule has 1 unspecified atom stereocenters. The summed E-state index contributed by atoms with van der Waals surface area (Å²) in [5, 5.41) is 5.43. The lowest BCUT2D eigenvalue weighted by atomic mass is 10.1. The van der Waals surface area contributed by atoms with E-state index < -0.39 is 5.60 Å². The van der Waals surface area contributed by atoms with E-state index in [0.717, 1.165) is 13.1 Å². The van der Waals surface area contributed by atoms with Crippen LogP contribution in [0.2, 0.25) is 0 Å².